The number of halogens is 1. The number of nitrogens with zero attached hydrogens (tertiary/aromatic N) is 1. The van der Waals surface area contributed by atoms with Crippen molar-refractivity contribution in [3.8, 4) is 0 Å². The Morgan fingerprint density at radius 1 is 1.45 bits per heavy atom. The van der Waals surface area contributed by atoms with E-state index in [1.807, 2.05) is 13.1 Å². The average molecular weight is 279 g/mol. The molecule has 1 unspecified atom stereocenters. The molecule has 1 heterocycles. The molecule has 5 heteroatoms. The molecule has 1 saturated heterocycles. The molecule has 0 saturated carbocycles. The number of amides is 1. The first-order valence-electron chi connectivity index (χ1n) is 7.05. The molecule has 1 aliphatic heterocycles. The molecular formula is C15H22FN3O. The summed E-state index contributed by atoms with van der Waals surface area (Å²) in [6.07, 6.45) is 1.90. The van der Waals surface area contributed by atoms with E-state index in [2.05, 4.69) is 15.5 Å². The fraction of sp³-hybridized carbons (Fsp3) is 0.533. The van der Waals surface area contributed by atoms with Gasteiger partial charge in [0.2, 0.25) is 5.91 Å². The van der Waals surface area contributed by atoms with Gasteiger partial charge >= 0.3 is 0 Å². The Labute approximate surface area is 119 Å². The molecule has 0 radical (unpaired) electrons. The predicted molar refractivity (Wildman–Crippen MR) is 78.2 cm³/mol. The van der Waals surface area contributed by atoms with Crippen molar-refractivity contribution in [1.29, 1.82) is 0 Å². The van der Waals surface area contributed by atoms with Gasteiger partial charge in [0.15, 0.2) is 0 Å². The number of carbonyl (C=O) groups is 1. The highest BCUT2D eigenvalue weighted by Crippen LogP contribution is 2.27. The molecule has 110 valence electrons. The van der Waals surface area contributed by atoms with E-state index in [9.17, 15) is 9.18 Å². The molecule has 20 heavy (non-hydrogen) atoms. The molecule has 2 N–H and O–H groups in total. The minimum Gasteiger partial charge on any atom is -0.370 e. The monoisotopic (exact) mass is 279 g/mol. The van der Waals surface area contributed by atoms with Gasteiger partial charge in [0.05, 0.1) is 5.92 Å². The van der Waals surface area contributed by atoms with Crippen molar-refractivity contribution in [3.63, 3.8) is 0 Å². The lowest BCUT2D eigenvalue weighted by molar-refractivity contribution is -0.124. The highest BCUT2D eigenvalue weighted by Gasteiger charge is 2.26. The first-order chi connectivity index (χ1) is 9.65. The third-order valence-corrected chi connectivity index (χ3v) is 3.79. The number of piperidine rings is 1. The number of carbonyl (C=O) groups excluding carboxylic acids is 1. The van der Waals surface area contributed by atoms with Crippen LogP contribution in [-0.4, -0.2) is 33.1 Å². The first-order valence-corrected chi connectivity index (χ1v) is 7.05. The number of benzene rings is 1. The predicted octanol–water partition coefficient (Wildman–Crippen LogP) is 1.51. The lowest BCUT2D eigenvalue weighted by atomic mass is 9.96. The summed E-state index contributed by atoms with van der Waals surface area (Å²) in [5, 5.41) is 5.78. The highest BCUT2D eigenvalue weighted by atomic mass is 19.1. The van der Waals surface area contributed by atoms with Crippen LogP contribution in [0.3, 0.4) is 0 Å². The first kappa shape index (κ1) is 14.8. The smallest absolute Gasteiger partial charge is 0.224 e. The molecule has 0 bridgehead atoms. The van der Waals surface area contributed by atoms with Crippen molar-refractivity contribution in [2.75, 3.05) is 32.1 Å². The minimum atomic E-state index is -0.223. The molecule has 2 rings (SSSR count). The Morgan fingerprint density at radius 2 is 2.25 bits per heavy atom. The van der Waals surface area contributed by atoms with E-state index in [1.54, 1.807) is 13.1 Å². The van der Waals surface area contributed by atoms with E-state index in [-0.39, 0.29) is 17.6 Å². The van der Waals surface area contributed by atoms with Gasteiger partial charge in [0.25, 0.3) is 0 Å². The zero-order chi connectivity index (χ0) is 14.5. The quantitative estimate of drug-likeness (QED) is 0.878. The lowest BCUT2D eigenvalue weighted by Crippen LogP contribution is -2.42. The van der Waals surface area contributed by atoms with Gasteiger partial charge in [-0.3, -0.25) is 4.79 Å². The van der Waals surface area contributed by atoms with Crippen LogP contribution in [-0.2, 0) is 11.3 Å². The van der Waals surface area contributed by atoms with Crippen molar-refractivity contribution < 1.29 is 9.18 Å². The van der Waals surface area contributed by atoms with E-state index >= 15 is 0 Å². The van der Waals surface area contributed by atoms with Crippen LogP contribution in [0.2, 0.25) is 0 Å². The van der Waals surface area contributed by atoms with E-state index in [1.165, 1.54) is 6.07 Å². The third-order valence-electron chi connectivity index (χ3n) is 3.79. The van der Waals surface area contributed by atoms with Gasteiger partial charge in [-0.1, -0.05) is 0 Å². The van der Waals surface area contributed by atoms with Crippen LogP contribution in [0.15, 0.2) is 18.2 Å². The SMILES string of the molecule is CNCc1cc(F)ccc1N1CCCC(C(=O)NC)C1. The summed E-state index contributed by atoms with van der Waals surface area (Å²) in [6, 6.07) is 4.86. The van der Waals surface area contributed by atoms with Crippen LogP contribution in [0.4, 0.5) is 10.1 Å². The number of hydrogen-bond acceptors (Lipinski definition) is 3. The van der Waals surface area contributed by atoms with Gasteiger partial charge in [-0.2, -0.15) is 0 Å². The Bertz CT molecular complexity index is 478. The van der Waals surface area contributed by atoms with Gasteiger partial charge in [-0.15, -0.1) is 0 Å². The lowest BCUT2D eigenvalue weighted by Gasteiger charge is -2.34. The molecule has 4 nitrogen and oxygen atoms in total. The fourth-order valence-electron chi connectivity index (χ4n) is 2.81. The van der Waals surface area contributed by atoms with Gasteiger partial charge in [-0.05, 0) is 43.7 Å². The summed E-state index contributed by atoms with van der Waals surface area (Å²) >= 11 is 0. The van der Waals surface area contributed by atoms with Crippen molar-refractivity contribution in [2.24, 2.45) is 5.92 Å². The van der Waals surface area contributed by atoms with Crippen molar-refractivity contribution in [1.82, 2.24) is 10.6 Å². The van der Waals surface area contributed by atoms with Crippen LogP contribution < -0.4 is 15.5 Å². The summed E-state index contributed by atoms with van der Waals surface area (Å²) in [7, 11) is 3.52. The summed E-state index contributed by atoms with van der Waals surface area (Å²) in [4.78, 5) is 14.0. The molecule has 1 aromatic carbocycles. The molecular weight excluding hydrogens is 257 g/mol. The minimum absolute atomic E-state index is 0.0150. The summed E-state index contributed by atoms with van der Waals surface area (Å²) in [6.45, 7) is 2.23. The molecule has 1 aliphatic rings. The van der Waals surface area contributed by atoms with Crippen LogP contribution in [0, 0.1) is 11.7 Å². The topological polar surface area (TPSA) is 44.4 Å². The third kappa shape index (κ3) is 3.28. The molecule has 0 spiro atoms. The molecule has 0 aromatic heterocycles. The second kappa shape index (κ2) is 6.70. The maximum Gasteiger partial charge on any atom is 0.224 e. The Kier molecular flexibility index (Phi) is 4.95. The summed E-state index contributed by atoms with van der Waals surface area (Å²) in [5.74, 6) is -0.118. The molecule has 1 fully saturated rings. The Hall–Kier alpha value is -1.62. The fourth-order valence-corrected chi connectivity index (χ4v) is 2.81. The molecule has 1 atom stereocenters. The van der Waals surface area contributed by atoms with Gasteiger partial charge in [-0.25, -0.2) is 4.39 Å². The van der Waals surface area contributed by atoms with Crippen molar-refractivity contribution >= 4 is 11.6 Å². The van der Waals surface area contributed by atoms with Crippen LogP contribution in [0.5, 0.6) is 0 Å². The maximum atomic E-state index is 13.4. The Morgan fingerprint density at radius 3 is 2.95 bits per heavy atom. The standard InChI is InChI=1S/C15H22FN3O/c1-17-9-12-8-13(16)5-6-14(12)19-7-3-4-11(10-19)15(20)18-2/h5-6,8,11,17H,3-4,7,9-10H2,1-2H3,(H,18,20). The summed E-state index contributed by atoms with van der Waals surface area (Å²) in [5.41, 5.74) is 1.96. The molecule has 1 aromatic rings. The van der Waals surface area contributed by atoms with Crippen LogP contribution in [0.25, 0.3) is 0 Å². The number of nitrogens with one attached hydrogen (secondary N) is 2. The van der Waals surface area contributed by atoms with Crippen LogP contribution in [0.1, 0.15) is 18.4 Å². The van der Waals surface area contributed by atoms with Gasteiger partial charge < -0.3 is 15.5 Å². The van der Waals surface area contributed by atoms with Crippen molar-refractivity contribution in [3.05, 3.63) is 29.6 Å². The largest absolute Gasteiger partial charge is 0.370 e. The number of hydrogen-bond donors (Lipinski definition) is 2. The second-order valence-electron chi connectivity index (χ2n) is 5.20. The average Bonchev–Trinajstić information content (AvgIpc) is 2.47. The number of rotatable bonds is 4. The maximum absolute atomic E-state index is 13.4. The van der Waals surface area contributed by atoms with Crippen LogP contribution >= 0.6 is 0 Å². The van der Waals surface area contributed by atoms with Gasteiger partial charge in [0.1, 0.15) is 5.82 Å². The van der Waals surface area contributed by atoms with Gasteiger partial charge in [0, 0.05) is 32.4 Å². The molecule has 0 aliphatic carbocycles. The zero-order valence-electron chi connectivity index (χ0n) is 12.1. The van der Waals surface area contributed by atoms with E-state index in [4.69, 9.17) is 0 Å². The zero-order valence-corrected chi connectivity index (χ0v) is 12.1. The van der Waals surface area contributed by atoms with E-state index < -0.39 is 0 Å². The summed E-state index contributed by atoms with van der Waals surface area (Å²) < 4.78 is 13.4. The van der Waals surface area contributed by atoms with E-state index in [0.717, 1.165) is 30.6 Å². The number of anilines is 1. The molecule has 1 amide bonds. The highest BCUT2D eigenvalue weighted by molar-refractivity contribution is 5.79. The second-order valence-corrected chi connectivity index (χ2v) is 5.20. The normalized spacial score (nSPS) is 18.9. The van der Waals surface area contributed by atoms with E-state index in [0.29, 0.717) is 13.1 Å². The van der Waals surface area contributed by atoms with Crippen molar-refractivity contribution in [2.45, 2.75) is 19.4 Å². The Balaban J connectivity index is 2.20.